The molecule has 1 N–H and O–H groups in total. The van der Waals surface area contributed by atoms with Gasteiger partial charge in [0.25, 0.3) is 0 Å². The van der Waals surface area contributed by atoms with Crippen molar-refractivity contribution in [2.45, 2.75) is 64.2 Å². The van der Waals surface area contributed by atoms with Gasteiger partial charge in [-0.3, -0.25) is 0 Å². The van der Waals surface area contributed by atoms with Crippen molar-refractivity contribution in [3.05, 3.63) is 75.2 Å². The summed E-state index contributed by atoms with van der Waals surface area (Å²) in [7, 11) is 0. The molecule has 44 heavy (non-hydrogen) atoms. The van der Waals surface area contributed by atoms with Crippen LogP contribution in [-0.2, 0) is 23.9 Å². The van der Waals surface area contributed by atoms with E-state index in [1.54, 1.807) is 34.8 Å². The van der Waals surface area contributed by atoms with Gasteiger partial charge >= 0.3 is 6.09 Å². The lowest BCUT2D eigenvalue weighted by atomic mass is 9.79. The van der Waals surface area contributed by atoms with Crippen LogP contribution in [0.15, 0.2) is 63.8 Å². The van der Waals surface area contributed by atoms with Crippen LogP contribution in [0.2, 0.25) is 0 Å². The molecule has 4 aliphatic heterocycles. The Morgan fingerprint density at radius 2 is 1.95 bits per heavy atom. The Hall–Kier alpha value is -4.65. The van der Waals surface area contributed by atoms with E-state index in [4.69, 9.17) is 9.47 Å². The summed E-state index contributed by atoms with van der Waals surface area (Å²) in [6.45, 7) is 7.64. The quantitative estimate of drug-likeness (QED) is 0.505. The van der Waals surface area contributed by atoms with Crippen LogP contribution in [0.1, 0.15) is 52.5 Å². The van der Waals surface area contributed by atoms with Crippen molar-refractivity contribution in [3.63, 3.8) is 0 Å². The van der Waals surface area contributed by atoms with Crippen molar-refractivity contribution in [2.75, 3.05) is 31.1 Å². The Labute approximate surface area is 253 Å². The van der Waals surface area contributed by atoms with Crippen LogP contribution in [0.25, 0.3) is 5.57 Å². The maximum absolute atomic E-state index is 14.6. The van der Waals surface area contributed by atoms with Crippen LogP contribution in [0.4, 0.5) is 14.9 Å². The summed E-state index contributed by atoms with van der Waals surface area (Å²) in [6, 6.07) is 4.19. The van der Waals surface area contributed by atoms with E-state index >= 15 is 0 Å². The van der Waals surface area contributed by atoms with E-state index in [9.17, 15) is 28.7 Å². The molecule has 1 aromatic carbocycles. The molecule has 6 rings (SSSR count). The van der Waals surface area contributed by atoms with E-state index in [2.05, 4.69) is 0 Å². The zero-order valence-electron chi connectivity index (χ0n) is 25.0. The van der Waals surface area contributed by atoms with Crippen LogP contribution >= 0.6 is 0 Å². The van der Waals surface area contributed by atoms with E-state index in [0.29, 0.717) is 33.8 Å². The predicted molar refractivity (Wildman–Crippen MR) is 157 cm³/mol. The van der Waals surface area contributed by atoms with Gasteiger partial charge in [0.15, 0.2) is 17.5 Å². The fourth-order valence-electron chi connectivity index (χ4n) is 6.36. The van der Waals surface area contributed by atoms with Crippen molar-refractivity contribution >= 4 is 35.2 Å². The number of fused-ring (bicyclic) bond motifs is 3. The molecule has 0 unspecified atom stereocenters. The number of hydrogen-bond acceptors (Lipinski definition) is 9. The maximum Gasteiger partial charge on any atom is 0.410 e. The number of allylic oxidation sites excluding steroid dienone is 1. The Kier molecular flexibility index (Phi) is 7.03. The molecule has 0 bridgehead atoms. The third kappa shape index (κ3) is 4.62. The molecule has 0 spiro atoms. The minimum atomic E-state index is -1.86. The van der Waals surface area contributed by atoms with Crippen LogP contribution < -0.4 is 4.90 Å². The zero-order chi connectivity index (χ0) is 31.6. The average Bonchev–Trinajstić information content (AvgIpc) is 3.75. The minimum absolute atomic E-state index is 0.0474. The second kappa shape index (κ2) is 10.5. The van der Waals surface area contributed by atoms with Crippen molar-refractivity contribution in [1.29, 1.82) is 0 Å². The lowest BCUT2D eigenvalue weighted by molar-refractivity contribution is 0.0239. The topological polar surface area (TPSA) is 117 Å². The van der Waals surface area contributed by atoms with Crippen molar-refractivity contribution in [1.82, 2.24) is 9.80 Å². The standard InChI is InChI=1S/C33H32FN3O7/c1-5-33(42)24-13-26-30-22(15-38)21-12-19(34)6-9-25(21)36(11-10-35(20-7-8-20)31(41)44-32(2,3)4)27(30)14-37(26)28(16-39)23(24)18-43-29(33)17-40/h6,9,12-13,20,42H,5,7-8,10-11,14,18H2,1-4H3/t33-/m0/s1. The molecule has 5 aliphatic rings. The second-order valence-corrected chi connectivity index (χ2v) is 12.4. The first-order chi connectivity index (χ1) is 20.9. The molecule has 10 nitrogen and oxygen atoms in total. The first-order valence-electron chi connectivity index (χ1n) is 14.6. The minimum Gasteiger partial charge on any atom is -0.479 e. The normalized spacial score (nSPS) is 22.2. The Balaban J connectivity index is 1.47. The molecule has 0 saturated heterocycles. The number of halogens is 1. The lowest BCUT2D eigenvalue weighted by Crippen LogP contribution is -2.44. The molecule has 1 fully saturated rings. The van der Waals surface area contributed by atoms with Crippen LogP contribution in [0.3, 0.4) is 0 Å². The summed E-state index contributed by atoms with van der Waals surface area (Å²) in [5.41, 5.74) is 0.600. The summed E-state index contributed by atoms with van der Waals surface area (Å²) in [4.78, 5) is 55.2. The third-order valence-corrected chi connectivity index (χ3v) is 8.57. The molecule has 0 aromatic heterocycles. The number of carbonyl (C=O) groups is 1. The monoisotopic (exact) mass is 601 g/mol. The van der Waals surface area contributed by atoms with Gasteiger partial charge in [-0.05, 0) is 64.3 Å². The molecule has 1 aliphatic carbocycles. The van der Waals surface area contributed by atoms with Gasteiger partial charge in [0, 0.05) is 52.8 Å². The van der Waals surface area contributed by atoms with Gasteiger partial charge in [0.2, 0.25) is 5.76 Å². The molecule has 1 aromatic rings. The average molecular weight is 602 g/mol. The van der Waals surface area contributed by atoms with E-state index in [1.807, 2.05) is 37.6 Å². The highest BCUT2D eigenvalue weighted by Gasteiger charge is 2.49. The summed E-state index contributed by atoms with van der Waals surface area (Å²) in [5.74, 6) is 4.80. The highest BCUT2D eigenvalue weighted by molar-refractivity contribution is 6.06. The number of aliphatic hydroxyl groups is 1. The fourth-order valence-corrected chi connectivity index (χ4v) is 6.36. The summed E-state index contributed by atoms with van der Waals surface area (Å²) < 4.78 is 25.8. The van der Waals surface area contributed by atoms with Crippen LogP contribution in [0, 0.1) is 5.82 Å². The van der Waals surface area contributed by atoms with Gasteiger partial charge in [0.05, 0.1) is 17.8 Å². The number of rotatable bonds is 5. The molecular formula is C33H32FN3O7. The smallest absolute Gasteiger partial charge is 0.410 e. The zero-order valence-corrected chi connectivity index (χ0v) is 25.0. The van der Waals surface area contributed by atoms with E-state index in [1.165, 1.54) is 12.1 Å². The van der Waals surface area contributed by atoms with Gasteiger partial charge in [-0.2, -0.15) is 0 Å². The molecular weight excluding hydrogens is 569 g/mol. The van der Waals surface area contributed by atoms with E-state index in [-0.39, 0.29) is 61.3 Å². The van der Waals surface area contributed by atoms with Gasteiger partial charge in [0.1, 0.15) is 29.7 Å². The molecule has 4 heterocycles. The molecule has 1 amide bonds. The highest BCUT2D eigenvalue weighted by Crippen LogP contribution is 2.52. The number of amides is 1. The number of anilines is 1. The van der Waals surface area contributed by atoms with Crippen molar-refractivity contribution in [3.8, 4) is 0 Å². The van der Waals surface area contributed by atoms with Crippen LogP contribution in [-0.4, -0.2) is 82.3 Å². The van der Waals surface area contributed by atoms with Gasteiger partial charge in [-0.15, -0.1) is 0 Å². The summed E-state index contributed by atoms with van der Waals surface area (Å²) >= 11 is 0. The van der Waals surface area contributed by atoms with Crippen molar-refractivity contribution in [2.24, 2.45) is 0 Å². The first-order valence-corrected chi connectivity index (χ1v) is 14.6. The molecule has 11 heteroatoms. The third-order valence-electron chi connectivity index (χ3n) is 8.57. The van der Waals surface area contributed by atoms with Crippen LogP contribution in [0.5, 0.6) is 0 Å². The predicted octanol–water partition coefficient (Wildman–Crippen LogP) is 3.63. The number of ether oxygens (including phenoxy) is 2. The highest BCUT2D eigenvalue weighted by atomic mass is 19.1. The van der Waals surface area contributed by atoms with Gasteiger partial charge in [-0.25, -0.2) is 23.6 Å². The summed E-state index contributed by atoms with van der Waals surface area (Å²) in [6.07, 6.45) is 2.98. The second-order valence-electron chi connectivity index (χ2n) is 12.4. The Bertz CT molecular complexity index is 1730. The number of hydrogen-bond donors (Lipinski definition) is 1. The molecule has 1 saturated carbocycles. The molecule has 228 valence electrons. The number of benzene rings is 1. The van der Waals surface area contributed by atoms with E-state index in [0.717, 1.165) is 12.8 Å². The molecule has 1 atom stereocenters. The lowest BCUT2D eigenvalue weighted by Gasteiger charge is -2.39. The largest absolute Gasteiger partial charge is 0.479 e. The Morgan fingerprint density at radius 1 is 1.20 bits per heavy atom. The Morgan fingerprint density at radius 3 is 2.57 bits per heavy atom. The first kappa shape index (κ1) is 29.4. The van der Waals surface area contributed by atoms with Gasteiger partial charge in [-0.1, -0.05) is 6.92 Å². The fraction of sp³-hybridized carbons (Fsp3) is 0.424. The SMILES string of the molecule is CC[C@@]1(O)C(=C=O)OCC2=C1C=C1C3=C(CN1C2=C=O)N(CCN(C(=O)OC(C)(C)C)C1CC1)c1ccc(F)cc1C3=C=O. The van der Waals surface area contributed by atoms with Gasteiger partial charge < -0.3 is 29.3 Å². The van der Waals surface area contributed by atoms with E-state index < -0.39 is 23.1 Å². The maximum atomic E-state index is 14.6. The molecule has 0 radical (unpaired) electrons. The summed E-state index contributed by atoms with van der Waals surface area (Å²) in [5, 5.41) is 11.6. The number of nitrogens with zero attached hydrogens (tertiary/aromatic N) is 3. The number of carbonyl (C=O) groups excluding carboxylic acids is 4. The van der Waals surface area contributed by atoms with Crippen molar-refractivity contribution < 1.29 is 38.1 Å².